The molecule has 0 aliphatic carbocycles. The van der Waals surface area contributed by atoms with Gasteiger partial charge in [-0.3, -0.25) is 14.5 Å². The number of nitrogens with zero attached hydrogens (tertiary/aromatic N) is 2. The maximum absolute atomic E-state index is 13.7. The van der Waals surface area contributed by atoms with E-state index in [1.165, 1.54) is 10.5 Å². The summed E-state index contributed by atoms with van der Waals surface area (Å²) in [5.74, 6) is -0.561. The molecule has 3 aromatic rings. The molecule has 0 atom stereocenters. The third-order valence-corrected chi connectivity index (χ3v) is 6.24. The summed E-state index contributed by atoms with van der Waals surface area (Å²) < 4.78 is 0. The predicted octanol–water partition coefficient (Wildman–Crippen LogP) is 5.07. The highest BCUT2D eigenvalue weighted by Crippen LogP contribution is 2.38. The first-order valence-electron chi connectivity index (χ1n) is 10.4. The van der Waals surface area contributed by atoms with E-state index in [0.29, 0.717) is 22.8 Å². The van der Waals surface area contributed by atoms with E-state index in [9.17, 15) is 9.59 Å². The highest BCUT2D eigenvalue weighted by molar-refractivity contribution is 6.37. The summed E-state index contributed by atoms with van der Waals surface area (Å²) >= 11 is 6.33. The van der Waals surface area contributed by atoms with Gasteiger partial charge in [0.1, 0.15) is 5.70 Å². The smallest absolute Gasteiger partial charge is 0.278 e. The number of amides is 2. The van der Waals surface area contributed by atoms with Gasteiger partial charge in [-0.05, 0) is 41.7 Å². The maximum atomic E-state index is 13.7. The van der Waals surface area contributed by atoms with E-state index in [1.807, 2.05) is 71.6 Å². The summed E-state index contributed by atoms with van der Waals surface area (Å²) in [6.07, 6.45) is 1.89. The number of anilines is 1. The van der Waals surface area contributed by atoms with Gasteiger partial charge in [0.05, 0.1) is 12.1 Å². The Morgan fingerprint density at radius 1 is 0.806 bits per heavy atom. The molecule has 2 aliphatic rings. The number of carbonyl (C=O) groups is 2. The second kappa shape index (κ2) is 8.05. The van der Waals surface area contributed by atoms with Crippen molar-refractivity contribution in [3.63, 3.8) is 0 Å². The van der Waals surface area contributed by atoms with Gasteiger partial charge in [0.15, 0.2) is 0 Å². The number of halogens is 1. The van der Waals surface area contributed by atoms with E-state index in [1.54, 1.807) is 6.07 Å². The molecule has 2 heterocycles. The Balaban J connectivity index is 1.63. The molecule has 0 aromatic heterocycles. The summed E-state index contributed by atoms with van der Waals surface area (Å²) in [7, 11) is 0. The Hall–Kier alpha value is -3.37. The van der Waals surface area contributed by atoms with Crippen LogP contribution in [0.25, 0.3) is 5.57 Å². The Labute approximate surface area is 186 Å². The van der Waals surface area contributed by atoms with Crippen LogP contribution in [-0.2, 0) is 22.6 Å². The summed E-state index contributed by atoms with van der Waals surface area (Å²) in [4.78, 5) is 30.6. The normalized spacial score (nSPS) is 16.2. The SMILES string of the molecule is O=C1C(c2ccccc2)=C(N2CCCc3ccccc32)C(=O)N1Cc1ccccc1Cl. The Kier molecular flexibility index (Phi) is 5.08. The molecular formula is C26H21ClN2O2. The lowest BCUT2D eigenvalue weighted by molar-refractivity contribution is -0.137. The molecule has 3 aromatic carbocycles. The molecule has 0 bridgehead atoms. The van der Waals surface area contributed by atoms with Crippen LogP contribution in [0.4, 0.5) is 5.69 Å². The van der Waals surface area contributed by atoms with Crippen LogP contribution >= 0.6 is 11.6 Å². The van der Waals surface area contributed by atoms with Crippen LogP contribution in [0.15, 0.2) is 84.6 Å². The Morgan fingerprint density at radius 3 is 2.32 bits per heavy atom. The zero-order valence-corrected chi connectivity index (χ0v) is 17.7. The topological polar surface area (TPSA) is 40.6 Å². The van der Waals surface area contributed by atoms with Crippen LogP contribution in [0.1, 0.15) is 23.1 Å². The fourth-order valence-electron chi connectivity index (χ4n) is 4.39. The minimum atomic E-state index is -0.283. The van der Waals surface area contributed by atoms with Crippen LogP contribution in [0.2, 0.25) is 5.02 Å². The number of fused-ring (bicyclic) bond motifs is 1. The molecule has 5 heteroatoms. The van der Waals surface area contributed by atoms with Crippen molar-refractivity contribution >= 4 is 34.7 Å². The molecule has 154 valence electrons. The van der Waals surface area contributed by atoms with Crippen molar-refractivity contribution in [3.8, 4) is 0 Å². The Morgan fingerprint density at radius 2 is 1.52 bits per heavy atom. The van der Waals surface area contributed by atoms with Crippen LogP contribution in [-0.4, -0.2) is 23.3 Å². The average molecular weight is 429 g/mol. The number of carbonyl (C=O) groups excluding carboxylic acids is 2. The lowest BCUT2D eigenvalue weighted by Gasteiger charge is -2.32. The molecule has 0 saturated heterocycles. The van der Waals surface area contributed by atoms with Crippen molar-refractivity contribution in [3.05, 3.63) is 106 Å². The number of rotatable bonds is 4. The summed E-state index contributed by atoms with van der Waals surface area (Å²) in [6.45, 7) is 0.842. The van der Waals surface area contributed by atoms with Crippen LogP contribution < -0.4 is 4.90 Å². The van der Waals surface area contributed by atoms with E-state index in [2.05, 4.69) is 6.07 Å². The molecule has 0 radical (unpaired) electrons. The van der Waals surface area contributed by atoms with Crippen molar-refractivity contribution < 1.29 is 9.59 Å². The highest BCUT2D eigenvalue weighted by Gasteiger charge is 2.42. The zero-order valence-electron chi connectivity index (χ0n) is 16.9. The van der Waals surface area contributed by atoms with Crippen molar-refractivity contribution in [2.75, 3.05) is 11.4 Å². The molecule has 0 spiro atoms. The molecule has 2 amide bonds. The fraction of sp³-hybridized carbons (Fsp3) is 0.154. The molecule has 5 rings (SSSR count). The first-order chi connectivity index (χ1) is 15.1. The number of hydrogen-bond acceptors (Lipinski definition) is 3. The summed E-state index contributed by atoms with van der Waals surface area (Å²) in [5.41, 5.74) is 4.60. The zero-order chi connectivity index (χ0) is 21.4. The van der Waals surface area contributed by atoms with Crippen LogP contribution in [0.3, 0.4) is 0 Å². The largest absolute Gasteiger partial charge is 0.336 e. The van der Waals surface area contributed by atoms with Crippen molar-refractivity contribution in [1.82, 2.24) is 4.90 Å². The number of para-hydroxylation sites is 1. The molecule has 31 heavy (non-hydrogen) atoms. The quantitative estimate of drug-likeness (QED) is 0.544. The van der Waals surface area contributed by atoms with Crippen LogP contribution in [0, 0.1) is 0 Å². The Bertz CT molecular complexity index is 1200. The van der Waals surface area contributed by atoms with Crippen molar-refractivity contribution in [1.29, 1.82) is 0 Å². The van der Waals surface area contributed by atoms with Gasteiger partial charge >= 0.3 is 0 Å². The minimum absolute atomic E-state index is 0.145. The van der Waals surface area contributed by atoms with Crippen LogP contribution in [0.5, 0.6) is 0 Å². The third-order valence-electron chi connectivity index (χ3n) is 5.87. The summed E-state index contributed by atoms with van der Waals surface area (Å²) in [5, 5.41) is 0.543. The number of benzene rings is 3. The number of hydrogen-bond donors (Lipinski definition) is 0. The molecule has 0 N–H and O–H groups in total. The molecule has 2 aliphatic heterocycles. The van der Waals surface area contributed by atoms with Gasteiger partial charge in [-0.1, -0.05) is 78.3 Å². The molecule has 4 nitrogen and oxygen atoms in total. The van der Waals surface area contributed by atoms with E-state index in [4.69, 9.17) is 11.6 Å². The van der Waals surface area contributed by atoms with E-state index in [0.717, 1.165) is 29.7 Å². The lowest BCUT2D eigenvalue weighted by Crippen LogP contribution is -2.36. The van der Waals surface area contributed by atoms with E-state index >= 15 is 0 Å². The van der Waals surface area contributed by atoms with Gasteiger partial charge in [0.2, 0.25) is 0 Å². The molecule has 0 unspecified atom stereocenters. The van der Waals surface area contributed by atoms with Crippen molar-refractivity contribution in [2.24, 2.45) is 0 Å². The van der Waals surface area contributed by atoms with Gasteiger partial charge in [0.25, 0.3) is 11.8 Å². The van der Waals surface area contributed by atoms with E-state index in [-0.39, 0.29) is 18.4 Å². The standard InChI is InChI=1S/C26H21ClN2O2/c27-21-14-6-4-12-20(21)17-29-25(30)23(19-10-2-1-3-11-19)24(26(29)31)28-16-8-13-18-9-5-7-15-22(18)28/h1-7,9-12,14-15H,8,13,16-17H2. The second-order valence-electron chi connectivity index (χ2n) is 7.76. The van der Waals surface area contributed by atoms with Gasteiger partial charge < -0.3 is 4.90 Å². The first-order valence-corrected chi connectivity index (χ1v) is 10.8. The lowest BCUT2D eigenvalue weighted by atomic mass is 9.98. The highest BCUT2D eigenvalue weighted by atomic mass is 35.5. The van der Waals surface area contributed by atoms with Gasteiger partial charge in [-0.25, -0.2) is 0 Å². The second-order valence-corrected chi connectivity index (χ2v) is 8.17. The van der Waals surface area contributed by atoms with E-state index < -0.39 is 0 Å². The number of aryl methyl sites for hydroxylation is 1. The molecular weight excluding hydrogens is 408 g/mol. The molecule has 0 fully saturated rings. The fourth-order valence-corrected chi connectivity index (χ4v) is 4.58. The van der Waals surface area contributed by atoms with Gasteiger partial charge in [0, 0.05) is 17.3 Å². The average Bonchev–Trinajstić information content (AvgIpc) is 3.05. The first kappa shape index (κ1) is 19.6. The molecule has 0 saturated carbocycles. The number of imide groups is 1. The maximum Gasteiger partial charge on any atom is 0.278 e. The van der Waals surface area contributed by atoms with Gasteiger partial charge in [-0.15, -0.1) is 0 Å². The monoisotopic (exact) mass is 428 g/mol. The summed E-state index contributed by atoms with van der Waals surface area (Å²) in [6, 6.07) is 24.9. The van der Waals surface area contributed by atoms with Crippen molar-refractivity contribution in [2.45, 2.75) is 19.4 Å². The predicted molar refractivity (Wildman–Crippen MR) is 122 cm³/mol. The van der Waals surface area contributed by atoms with Gasteiger partial charge in [-0.2, -0.15) is 0 Å². The minimum Gasteiger partial charge on any atom is -0.336 e. The third kappa shape index (κ3) is 3.43.